The van der Waals surface area contributed by atoms with Crippen LogP contribution in [0.25, 0.3) is 5.69 Å². The zero-order chi connectivity index (χ0) is 21.4. The van der Waals surface area contributed by atoms with Gasteiger partial charge in [0.1, 0.15) is 0 Å². The normalized spacial score (nSPS) is 14.3. The van der Waals surface area contributed by atoms with Crippen LogP contribution in [0.5, 0.6) is 0 Å². The number of fused-ring (bicyclic) bond motifs is 1. The maximum Gasteiger partial charge on any atom is 0.185 e. The van der Waals surface area contributed by atoms with Crippen LogP contribution in [0.15, 0.2) is 67.1 Å². The standard InChI is InChI=1S/C25H24N4OS/c1-17(20-5-3-6-23(14-20)29-11-4-10-27-29)24-15-26-25(31-24)28-12-9-19-7-8-21(18(2)30)13-22(19)16-28/h3-8,10-11,13-15,17H,9,12,16H2,1-2H3. The van der Waals surface area contributed by atoms with Crippen LogP contribution in [0.4, 0.5) is 5.13 Å². The Hall–Kier alpha value is -3.25. The van der Waals surface area contributed by atoms with E-state index in [2.05, 4.69) is 47.3 Å². The van der Waals surface area contributed by atoms with Crippen LogP contribution in [0, 0.1) is 0 Å². The van der Waals surface area contributed by atoms with Crippen LogP contribution in [0.3, 0.4) is 0 Å². The van der Waals surface area contributed by atoms with Gasteiger partial charge in [-0.3, -0.25) is 4.79 Å². The van der Waals surface area contributed by atoms with Crippen LogP contribution in [0.1, 0.15) is 51.7 Å². The minimum absolute atomic E-state index is 0.114. The molecule has 1 unspecified atom stereocenters. The topological polar surface area (TPSA) is 51.0 Å². The second-order valence-electron chi connectivity index (χ2n) is 8.02. The number of nitrogens with zero attached hydrogens (tertiary/aromatic N) is 4. The maximum absolute atomic E-state index is 11.8. The molecule has 4 aromatic rings. The van der Waals surface area contributed by atoms with Crippen LogP contribution in [-0.4, -0.2) is 27.1 Å². The van der Waals surface area contributed by atoms with Crippen molar-refractivity contribution in [3.8, 4) is 5.69 Å². The van der Waals surface area contributed by atoms with E-state index in [0.29, 0.717) is 0 Å². The molecule has 5 nitrogen and oxygen atoms in total. The molecule has 5 rings (SSSR count). The Morgan fingerprint density at radius 1 is 1.13 bits per heavy atom. The highest BCUT2D eigenvalue weighted by molar-refractivity contribution is 7.15. The molecule has 2 aromatic heterocycles. The van der Waals surface area contributed by atoms with E-state index in [1.54, 1.807) is 24.5 Å². The predicted octanol–water partition coefficient (Wildman–Crippen LogP) is 5.25. The van der Waals surface area contributed by atoms with Crippen LogP contribution < -0.4 is 4.90 Å². The van der Waals surface area contributed by atoms with Crippen molar-refractivity contribution in [3.63, 3.8) is 0 Å². The van der Waals surface area contributed by atoms with E-state index in [4.69, 9.17) is 4.98 Å². The molecular weight excluding hydrogens is 404 g/mol. The molecule has 0 saturated carbocycles. The summed E-state index contributed by atoms with van der Waals surface area (Å²) in [7, 11) is 0. The number of hydrogen-bond acceptors (Lipinski definition) is 5. The first-order valence-electron chi connectivity index (χ1n) is 10.5. The summed E-state index contributed by atoms with van der Waals surface area (Å²) < 4.78 is 1.88. The number of ketones is 1. The Labute approximate surface area is 186 Å². The van der Waals surface area contributed by atoms with Crippen molar-refractivity contribution in [1.82, 2.24) is 14.8 Å². The maximum atomic E-state index is 11.8. The summed E-state index contributed by atoms with van der Waals surface area (Å²) in [6.07, 6.45) is 6.73. The molecule has 0 bridgehead atoms. The lowest BCUT2D eigenvalue weighted by Crippen LogP contribution is -2.30. The average molecular weight is 429 g/mol. The van der Waals surface area contributed by atoms with Crippen molar-refractivity contribution < 1.29 is 4.79 Å². The van der Waals surface area contributed by atoms with Crippen molar-refractivity contribution in [3.05, 3.63) is 94.3 Å². The number of carbonyl (C=O) groups is 1. The van der Waals surface area contributed by atoms with E-state index >= 15 is 0 Å². The highest BCUT2D eigenvalue weighted by Crippen LogP contribution is 2.35. The molecule has 156 valence electrons. The van der Waals surface area contributed by atoms with Gasteiger partial charge in [0.25, 0.3) is 0 Å². The first kappa shape index (κ1) is 19.7. The molecule has 1 atom stereocenters. The van der Waals surface area contributed by atoms with Gasteiger partial charge in [0.15, 0.2) is 10.9 Å². The highest BCUT2D eigenvalue weighted by atomic mass is 32.1. The first-order chi connectivity index (χ1) is 15.1. The largest absolute Gasteiger partial charge is 0.343 e. The summed E-state index contributed by atoms with van der Waals surface area (Å²) in [4.78, 5) is 20.1. The summed E-state index contributed by atoms with van der Waals surface area (Å²) >= 11 is 1.76. The Bertz CT molecular complexity index is 1230. The molecule has 0 aliphatic carbocycles. The monoisotopic (exact) mass is 428 g/mol. The number of carbonyl (C=O) groups excluding carboxylic acids is 1. The molecule has 3 heterocycles. The second kappa shape index (κ2) is 8.12. The quantitative estimate of drug-likeness (QED) is 0.408. The molecule has 0 fully saturated rings. The van der Waals surface area contributed by atoms with E-state index in [1.807, 2.05) is 35.3 Å². The fourth-order valence-electron chi connectivity index (χ4n) is 4.09. The fourth-order valence-corrected chi connectivity index (χ4v) is 5.10. The van der Waals surface area contributed by atoms with Crippen molar-refractivity contribution in [2.45, 2.75) is 32.7 Å². The number of thiazole rings is 1. The molecule has 1 aliphatic rings. The fraction of sp³-hybridized carbons (Fsp3) is 0.240. The van der Waals surface area contributed by atoms with Gasteiger partial charge in [-0.2, -0.15) is 5.10 Å². The number of hydrogen-bond donors (Lipinski definition) is 0. The number of aromatic nitrogens is 3. The third kappa shape index (κ3) is 3.91. The minimum atomic E-state index is 0.114. The molecule has 0 N–H and O–H groups in total. The van der Waals surface area contributed by atoms with Crippen LogP contribution >= 0.6 is 11.3 Å². The first-order valence-corrected chi connectivity index (χ1v) is 11.3. The van der Waals surface area contributed by atoms with E-state index in [-0.39, 0.29) is 11.7 Å². The summed E-state index contributed by atoms with van der Waals surface area (Å²) in [5.74, 6) is 0.366. The Balaban J connectivity index is 1.36. The summed E-state index contributed by atoms with van der Waals surface area (Å²) in [6, 6.07) is 16.5. The van der Waals surface area contributed by atoms with Crippen LogP contribution in [0.2, 0.25) is 0 Å². The third-order valence-electron chi connectivity index (χ3n) is 5.97. The van der Waals surface area contributed by atoms with Crippen LogP contribution in [-0.2, 0) is 13.0 Å². The van der Waals surface area contributed by atoms with E-state index in [0.717, 1.165) is 35.9 Å². The lowest BCUT2D eigenvalue weighted by Gasteiger charge is -2.28. The summed E-state index contributed by atoms with van der Waals surface area (Å²) in [5.41, 5.74) is 5.66. The second-order valence-corrected chi connectivity index (χ2v) is 9.06. The molecule has 1 aliphatic heterocycles. The molecule has 6 heteroatoms. The van der Waals surface area contributed by atoms with E-state index in [9.17, 15) is 4.79 Å². The van der Waals surface area contributed by atoms with E-state index in [1.165, 1.54) is 21.6 Å². The molecule has 2 aromatic carbocycles. The van der Waals surface area contributed by atoms with Gasteiger partial charge in [-0.15, -0.1) is 11.3 Å². The molecule has 31 heavy (non-hydrogen) atoms. The van der Waals surface area contributed by atoms with E-state index < -0.39 is 0 Å². The van der Waals surface area contributed by atoms with Crippen molar-refractivity contribution in [2.75, 3.05) is 11.4 Å². The summed E-state index contributed by atoms with van der Waals surface area (Å²) in [6.45, 7) is 5.59. The minimum Gasteiger partial charge on any atom is -0.343 e. The zero-order valence-corrected chi connectivity index (χ0v) is 18.5. The highest BCUT2D eigenvalue weighted by Gasteiger charge is 2.21. The third-order valence-corrected chi connectivity index (χ3v) is 7.21. The van der Waals surface area contributed by atoms with Crippen molar-refractivity contribution in [1.29, 1.82) is 0 Å². The molecular formula is C25H24N4OS. The molecule has 0 spiro atoms. The predicted molar refractivity (Wildman–Crippen MR) is 124 cm³/mol. The number of rotatable bonds is 5. The van der Waals surface area contributed by atoms with Gasteiger partial charge in [0, 0.05) is 48.0 Å². The molecule has 0 radical (unpaired) electrons. The average Bonchev–Trinajstić information content (AvgIpc) is 3.50. The molecule has 0 amide bonds. The number of anilines is 1. The lowest BCUT2D eigenvalue weighted by molar-refractivity contribution is 0.101. The Kier molecular flexibility index (Phi) is 5.16. The zero-order valence-electron chi connectivity index (χ0n) is 17.7. The van der Waals surface area contributed by atoms with Gasteiger partial charge >= 0.3 is 0 Å². The van der Waals surface area contributed by atoms with Crippen molar-refractivity contribution >= 4 is 22.3 Å². The Morgan fingerprint density at radius 2 is 2.03 bits per heavy atom. The van der Waals surface area contributed by atoms with Gasteiger partial charge in [0.05, 0.1) is 5.69 Å². The SMILES string of the molecule is CC(=O)c1ccc2c(c1)CN(c1ncc(C(C)c3cccc(-n4cccn4)c3)s1)CC2. The lowest BCUT2D eigenvalue weighted by atomic mass is 9.96. The number of benzene rings is 2. The molecule has 0 saturated heterocycles. The number of Topliss-reactive ketones (excluding diaryl/α,β-unsaturated/α-hetero) is 1. The van der Waals surface area contributed by atoms with Gasteiger partial charge < -0.3 is 4.90 Å². The van der Waals surface area contributed by atoms with Gasteiger partial charge in [0.2, 0.25) is 0 Å². The smallest absolute Gasteiger partial charge is 0.185 e. The Morgan fingerprint density at radius 3 is 2.84 bits per heavy atom. The van der Waals surface area contributed by atoms with Gasteiger partial charge in [-0.05, 0) is 54.3 Å². The van der Waals surface area contributed by atoms with Gasteiger partial charge in [-0.1, -0.05) is 31.2 Å². The van der Waals surface area contributed by atoms with Crippen molar-refractivity contribution in [2.24, 2.45) is 0 Å². The summed E-state index contributed by atoms with van der Waals surface area (Å²) in [5, 5.41) is 5.38. The van der Waals surface area contributed by atoms with Gasteiger partial charge in [-0.25, -0.2) is 9.67 Å².